The second-order valence-electron chi connectivity index (χ2n) is 3.60. The third-order valence-corrected chi connectivity index (χ3v) is 2.94. The van der Waals surface area contributed by atoms with Gasteiger partial charge in [-0.3, -0.25) is 14.4 Å². The Morgan fingerprint density at radius 1 is 0.857 bits per heavy atom. The van der Waals surface area contributed by atoms with Crippen molar-refractivity contribution < 1.29 is 0 Å². The van der Waals surface area contributed by atoms with Gasteiger partial charge in [-0.2, -0.15) is 0 Å². The normalized spacial score (nSPS) is 14.0. The largest absolute Gasteiger partial charge is 0.289 e. The Bertz CT molecular complexity index is 733. The molecular weight excluding hydrogens is 180 g/mol. The molecule has 0 spiro atoms. The molecule has 0 unspecified atom stereocenters. The van der Waals surface area contributed by atoms with Gasteiger partial charge >= 0.3 is 0 Å². The molecule has 3 aliphatic rings. The monoisotopic (exact) mass is 186 g/mol. The second kappa shape index (κ2) is 2.18. The molecule has 3 nitrogen and oxygen atoms in total. The summed E-state index contributed by atoms with van der Waals surface area (Å²) >= 11 is 0. The first-order chi connectivity index (χ1) is 6.70. The van der Waals surface area contributed by atoms with E-state index in [4.69, 9.17) is 0 Å². The summed E-state index contributed by atoms with van der Waals surface area (Å²) in [6.07, 6.45) is 1.60. The van der Waals surface area contributed by atoms with Gasteiger partial charge in [0, 0.05) is 5.56 Å². The molecule has 0 aromatic heterocycles. The predicted molar refractivity (Wildman–Crippen MR) is 50.3 cm³/mol. The summed E-state index contributed by atoms with van der Waals surface area (Å²) in [5.74, 6) is 0. The van der Waals surface area contributed by atoms with Crippen molar-refractivity contribution in [2.75, 3.05) is 0 Å². The maximum absolute atomic E-state index is 11.6. The highest BCUT2D eigenvalue weighted by Crippen LogP contribution is 2.21. The van der Waals surface area contributed by atoms with Gasteiger partial charge < -0.3 is 0 Å². The van der Waals surface area contributed by atoms with Gasteiger partial charge in [-0.1, -0.05) is 0 Å². The zero-order valence-corrected chi connectivity index (χ0v) is 7.29. The maximum Gasteiger partial charge on any atom is 0.237 e. The molecule has 0 N–H and O–H groups in total. The minimum Gasteiger partial charge on any atom is -0.289 e. The van der Waals surface area contributed by atoms with E-state index < -0.39 is 10.9 Å². The average Bonchev–Trinajstić information content (AvgIpc) is 2.27. The fourth-order valence-corrected chi connectivity index (χ4v) is 2.11. The molecule has 14 heavy (non-hydrogen) atoms. The number of rotatable bonds is 0. The van der Waals surface area contributed by atoms with E-state index in [9.17, 15) is 14.4 Å². The van der Waals surface area contributed by atoms with Gasteiger partial charge in [0.2, 0.25) is 10.9 Å². The zero-order chi connectivity index (χ0) is 9.87. The molecule has 0 aliphatic heterocycles. The van der Waals surface area contributed by atoms with E-state index in [-0.39, 0.29) is 10.6 Å². The van der Waals surface area contributed by atoms with Gasteiger partial charge in [0.25, 0.3) is 0 Å². The molecule has 68 valence electrons. The summed E-state index contributed by atoms with van der Waals surface area (Å²) in [5, 5.41) is 0.806. The number of hydrogen-bond acceptors (Lipinski definition) is 3. The van der Waals surface area contributed by atoms with Crippen LogP contribution in [0.5, 0.6) is 0 Å². The first-order valence-corrected chi connectivity index (χ1v) is 4.48. The molecule has 0 aromatic rings. The van der Waals surface area contributed by atoms with Crippen molar-refractivity contribution in [2.45, 2.75) is 12.8 Å². The van der Waals surface area contributed by atoms with Crippen LogP contribution in [-0.4, -0.2) is 0 Å². The molecule has 0 saturated heterocycles. The first-order valence-electron chi connectivity index (χ1n) is 4.48. The van der Waals surface area contributed by atoms with E-state index in [0.717, 1.165) is 24.0 Å². The van der Waals surface area contributed by atoms with Gasteiger partial charge in [0.15, 0.2) is 5.43 Å². The molecule has 0 fully saturated rings. The molecule has 0 saturated carbocycles. The highest BCUT2D eigenvalue weighted by Gasteiger charge is 2.23. The van der Waals surface area contributed by atoms with Gasteiger partial charge in [0.1, 0.15) is 0 Å². The van der Waals surface area contributed by atoms with Crippen LogP contribution >= 0.6 is 0 Å². The van der Waals surface area contributed by atoms with Gasteiger partial charge in [0.05, 0.1) is 5.22 Å². The molecule has 0 aromatic carbocycles. The van der Waals surface area contributed by atoms with Crippen molar-refractivity contribution >= 4 is 0 Å². The highest BCUT2D eigenvalue weighted by molar-refractivity contribution is 5.41. The summed E-state index contributed by atoms with van der Waals surface area (Å²) < 4.78 is 0. The van der Waals surface area contributed by atoms with Crippen molar-refractivity contribution in [1.29, 1.82) is 0 Å². The lowest BCUT2D eigenvalue weighted by Gasteiger charge is -2.11. The van der Waals surface area contributed by atoms with E-state index >= 15 is 0 Å². The average molecular weight is 186 g/mol. The van der Waals surface area contributed by atoms with Crippen molar-refractivity contribution in [1.82, 2.24) is 0 Å². The van der Waals surface area contributed by atoms with E-state index in [1.807, 2.05) is 0 Å². The first kappa shape index (κ1) is 7.62. The van der Waals surface area contributed by atoms with Crippen LogP contribution in [0.1, 0.15) is 11.1 Å². The Labute approximate surface area is 78.0 Å². The summed E-state index contributed by atoms with van der Waals surface area (Å²) in [7, 11) is 0. The quantitative estimate of drug-likeness (QED) is 0.519. The minimum absolute atomic E-state index is 0.111. The number of hydrogen-bond donors (Lipinski definition) is 0. The number of fused-ring (bicyclic) bond motifs is 2. The fraction of sp³-hybridized carbons (Fsp3) is 0.182. The molecule has 3 rings (SSSR count). The van der Waals surface area contributed by atoms with E-state index in [1.165, 1.54) is 6.07 Å². The van der Waals surface area contributed by atoms with Crippen LogP contribution in [-0.2, 0) is 12.8 Å². The highest BCUT2D eigenvalue weighted by atomic mass is 16.2. The van der Waals surface area contributed by atoms with E-state index in [1.54, 1.807) is 6.07 Å². The topological polar surface area (TPSA) is 51.2 Å². The second-order valence-corrected chi connectivity index (χ2v) is 3.60. The van der Waals surface area contributed by atoms with Crippen molar-refractivity contribution in [3.63, 3.8) is 0 Å². The lowest BCUT2D eigenvalue weighted by atomic mass is 9.92. The third kappa shape index (κ3) is 0.664. The van der Waals surface area contributed by atoms with Crippen molar-refractivity contribution in [3.05, 3.63) is 64.4 Å². The van der Waals surface area contributed by atoms with Crippen LogP contribution < -0.4 is 16.3 Å². The van der Waals surface area contributed by atoms with Crippen LogP contribution in [0.4, 0.5) is 0 Å². The van der Waals surface area contributed by atoms with Crippen LogP contribution in [0.25, 0.3) is 0 Å². The smallest absolute Gasteiger partial charge is 0.237 e. The molecule has 3 aliphatic carbocycles. The Hall–Kier alpha value is -1.77. The van der Waals surface area contributed by atoms with Crippen LogP contribution in [0.3, 0.4) is 0 Å². The Balaban J connectivity index is 2.84. The summed E-state index contributed by atoms with van der Waals surface area (Å²) in [4.78, 5) is 34.1. The summed E-state index contributed by atoms with van der Waals surface area (Å²) in [6.45, 7) is 0. The molecular formula is C11H6O3. The van der Waals surface area contributed by atoms with Crippen molar-refractivity contribution in [3.8, 4) is 0 Å². The lowest BCUT2D eigenvalue weighted by Crippen LogP contribution is -2.27. The van der Waals surface area contributed by atoms with Gasteiger partial charge in [-0.25, -0.2) is 0 Å². The van der Waals surface area contributed by atoms with Crippen LogP contribution in [0, 0.1) is 10.4 Å². The Kier molecular flexibility index (Phi) is 1.18. The van der Waals surface area contributed by atoms with Gasteiger partial charge in [-0.05, 0) is 35.8 Å². The minimum atomic E-state index is -0.637. The molecule has 0 radical (unpaired) electrons. The standard InChI is InChI=1S/C11H6O3/c12-8-4-3-6-5-1-2-7(5)10(13)9(6)11(8)14/h3-4H,1-2H2. The van der Waals surface area contributed by atoms with Crippen LogP contribution in [0.15, 0.2) is 26.5 Å². The maximum atomic E-state index is 11.6. The predicted octanol–water partition coefficient (Wildman–Crippen LogP) is -0.534. The fourth-order valence-electron chi connectivity index (χ4n) is 2.11. The molecule has 0 bridgehead atoms. The van der Waals surface area contributed by atoms with Crippen LogP contribution in [0.2, 0.25) is 0 Å². The van der Waals surface area contributed by atoms with E-state index in [2.05, 4.69) is 0 Å². The van der Waals surface area contributed by atoms with E-state index in [0.29, 0.717) is 5.22 Å². The molecule has 0 atom stereocenters. The molecule has 0 heterocycles. The Morgan fingerprint density at radius 3 is 2.21 bits per heavy atom. The molecule has 0 amide bonds. The van der Waals surface area contributed by atoms with Crippen molar-refractivity contribution in [2.24, 2.45) is 0 Å². The Morgan fingerprint density at radius 2 is 1.57 bits per heavy atom. The summed E-state index contributed by atoms with van der Waals surface area (Å²) in [6, 6.07) is 2.85. The lowest BCUT2D eigenvalue weighted by molar-refractivity contribution is 0.838. The summed E-state index contributed by atoms with van der Waals surface area (Å²) in [5.41, 5.74) is 0.273. The molecule has 3 heteroatoms. The zero-order valence-electron chi connectivity index (χ0n) is 7.29. The SMILES string of the molecule is O=c1ccc2c3c(c(=O)c=2c1=O)CC3. The third-order valence-electron chi connectivity index (χ3n) is 2.94. The van der Waals surface area contributed by atoms with Gasteiger partial charge in [-0.15, -0.1) is 0 Å².